The van der Waals surface area contributed by atoms with Gasteiger partial charge in [-0.2, -0.15) is 0 Å². The van der Waals surface area contributed by atoms with Gasteiger partial charge in [-0.25, -0.2) is 15.0 Å². The van der Waals surface area contributed by atoms with Gasteiger partial charge in [0, 0.05) is 53.9 Å². The zero-order valence-electron chi connectivity index (χ0n) is 20.6. The van der Waals surface area contributed by atoms with Crippen LogP contribution in [-0.4, -0.2) is 44.1 Å². The average Bonchev–Trinajstić information content (AvgIpc) is 3.79. The highest BCUT2D eigenvalue weighted by Gasteiger charge is 2.24. The third-order valence-electron chi connectivity index (χ3n) is 6.42. The highest BCUT2D eigenvalue weighted by Crippen LogP contribution is 2.32. The third-order valence-corrected chi connectivity index (χ3v) is 6.42. The molecule has 0 fully saturated rings. The van der Waals surface area contributed by atoms with Gasteiger partial charge in [0.15, 0.2) is 11.6 Å². The summed E-state index contributed by atoms with van der Waals surface area (Å²) < 4.78 is 5.85. The van der Waals surface area contributed by atoms with Gasteiger partial charge in [0.1, 0.15) is 23.2 Å². The van der Waals surface area contributed by atoms with Crippen molar-refractivity contribution in [2.24, 2.45) is 0 Å². The average molecular weight is 508 g/mol. The lowest BCUT2D eigenvalue weighted by Gasteiger charge is -2.18. The smallest absolute Gasteiger partial charge is 0.191 e. The molecule has 7 aromatic rings. The summed E-state index contributed by atoms with van der Waals surface area (Å²) in [5.74, 6) is 3.33. The summed E-state index contributed by atoms with van der Waals surface area (Å²) in [6.07, 6.45) is 11.0. The van der Waals surface area contributed by atoms with Gasteiger partial charge >= 0.3 is 0 Å². The molecule has 4 aromatic heterocycles. The van der Waals surface area contributed by atoms with Gasteiger partial charge in [-0.15, -0.1) is 10.2 Å². The Morgan fingerprint density at radius 2 is 0.769 bits per heavy atom. The molecule has 3 aromatic carbocycles. The van der Waals surface area contributed by atoms with E-state index in [1.807, 2.05) is 123 Å². The monoisotopic (exact) mass is 507 g/mol. The second-order valence-corrected chi connectivity index (χ2v) is 8.75. The van der Waals surface area contributed by atoms with Crippen LogP contribution in [0.2, 0.25) is 0 Å². The van der Waals surface area contributed by atoms with Gasteiger partial charge in [-0.3, -0.25) is 13.7 Å². The fraction of sp³-hybridized carbons (Fsp3) is 0. The van der Waals surface area contributed by atoms with Crippen molar-refractivity contribution >= 4 is 0 Å². The first-order valence-corrected chi connectivity index (χ1v) is 12.4. The van der Waals surface area contributed by atoms with Crippen LogP contribution in [0.5, 0.6) is 0 Å². The maximum absolute atomic E-state index is 4.71. The molecule has 39 heavy (non-hydrogen) atoms. The van der Waals surface area contributed by atoms with Crippen molar-refractivity contribution in [2.45, 2.75) is 0 Å². The summed E-state index contributed by atoms with van der Waals surface area (Å²) in [5.41, 5.74) is 3.55. The normalized spacial score (nSPS) is 11.1. The molecule has 0 aliphatic heterocycles. The van der Waals surface area contributed by atoms with E-state index in [9.17, 15) is 0 Å². The van der Waals surface area contributed by atoms with Crippen LogP contribution in [0, 0.1) is 0 Å². The second kappa shape index (κ2) is 9.64. The molecule has 0 saturated heterocycles. The van der Waals surface area contributed by atoms with E-state index in [0.717, 1.165) is 34.2 Å². The molecule has 186 valence electrons. The zero-order valence-corrected chi connectivity index (χ0v) is 20.6. The third kappa shape index (κ3) is 3.98. The van der Waals surface area contributed by atoms with Crippen LogP contribution in [0.3, 0.4) is 0 Å². The van der Waals surface area contributed by atoms with E-state index in [2.05, 4.69) is 25.4 Å². The molecule has 0 atom stereocenters. The lowest BCUT2D eigenvalue weighted by Crippen LogP contribution is -2.15. The largest absolute Gasteiger partial charge is 0.293 e. The van der Waals surface area contributed by atoms with Crippen molar-refractivity contribution in [3.63, 3.8) is 0 Å². The minimum Gasteiger partial charge on any atom is -0.293 e. The first-order chi connectivity index (χ1) is 19.4. The first-order valence-electron chi connectivity index (χ1n) is 12.4. The van der Waals surface area contributed by atoms with Gasteiger partial charge in [-0.1, -0.05) is 91.0 Å². The molecule has 0 spiro atoms. The standard InChI is InChI=1S/C30H21N9/c1-4-10-22(11-5-1)26-31-16-19-37(26)25-29(38-20-17-32-27(38)23-12-6-2-7-13-23)34-36-35-30(25)39-21-18-33-28(39)24-14-8-3-9-15-24/h1-21H. The van der Waals surface area contributed by atoms with Crippen LogP contribution in [-0.2, 0) is 0 Å². The van der Waals surface area contributed by atoms with Crippen LogP contribution >= 0.6 is 0 Å². The minimum absolute atomic E-state index is 0.555. The quantitative estimate of drug-likeness (QED) is 0.298. The van der Waals surface area contributed by atoms with Gasteiger partial charge in [0.05, 0.1) is 0 Å². The molecule has 0 radical (unpaired) electrons. The number of benzene rings is 3. The van der Waals surface area contributed by atoms with Crippen molar-refractivity contribution in [3.05, 3.63) is 128 Å². The predicted octanol–water partition coefficient (Wildman–Crippen LogP) is 5.43. The lowest BCUT2D eigenvalue weighted by molar-refractivity contribution is 0.770. The second-order valence-electron chi connectivity index (χ2n) is 8.75. The molecule has 0 unspecified atom stereocenters. The van der Waals surface area contributed by atoms with Crippen LogP contribution < -0.4 is 0 Å². The molecule has 0 bridgehead atoms. The Labute approximate surface area is 223 Å². The highest BCUT2D eigenvalue weighted by atomic mass is 15.4. The molecule has 4 heterocycles. The van der Waals surface area contributed by atoms with E-state index in [4.69, 9.17) is 4.98 Å². The van der Waals surface area contributed by atoms with Crippen molar-refractivity contribution in [1.29, 1.82) is 0 Å². The van der Waals surface area contributed by atoms with Crippen molar-refractivity contribution in [2.75, 3.05) is 0 Å². The Balaban J connectivity index is 1.52. The molecule has 0 aliphatic carbocycles. The summed E-state index contributed by atoms with van der Waals surface area (Å²) in [5, 5.41) is 13.3. The van der Waals surface area contributed by atoms with Gasteiger partial charge in [0.25, 0.3) is 0 Å². The number of hydrogen-bond donors (Lipinski definition) is 0. The fourth-order valence-corrected chi connectivity index (χ4v) is 4.68. The number of imidazole rings is 3. The summed E-state index contributed by atoms with van der Waals surface area (Å²) in [7, 11) is 0. The highest BCUT2D eigenvalue weighted by molar-refractivity contribution is 5.69. The predicted molar refractivity (Wildman–Crippen MR) is 148 cm³/mol. The molecular formula is C30H21N9. The Morgan fingerprint density at radius 3 is 1.18 bits per heavy atom. The Morgan fingerprint density at radius 1 is 0.410 bits per heavy atom. The van der Waals surface area contributed by atoms with E-state index in [0.29, 0.717) is 17.3 Å². The van der Waals surface area contributed by atoms with E-state index >= 15 is 0 Å². The molecular weight excluding hydrogens is 486 g/mol. The maximum atomic E-state index is 4.71. The van der Waals surface area contributed by atoms with Crippen LogP contribution in [0.4, 0.5) is 0 Å². The van der Waals surface area contributed by atoms with Gasteiger partial charge < -0.3 is 0 Å². The lowest BCUT2D eigenvalue weighted by atomic mass is 10.2. The van der Waals surface area contributed by atoms with Crippen LogP contribution in [0.25, 0.3) is 51.5 Å². The maximum Gasteiger partial charge on any atom is 0.191 e. The minimum atomic E-state index is 0.555. The van der Waals surface area contributed by atoms with Crippen LogP contribution in [0.15, 0.2) is 128 Å². The van der Waals surface area contributed by atoms with Crippen molar-refractivity contribution < 1.29 is 0 Å². The Kier molecular flexibility index (Phi) is 5.56. The van der Waals surface area contributed by atoms with E-state index in [-0.39, 0.29) is 0 Å². The topological polar surface area (TPSA) is 92.1 Å². The van der Waals surface area contributed by atoms with Crippen LogP contribution in [0.1, 0.15) is 0 Å². The van der Waals surface area contributed by atoms with Crippen molar-refractivity contribution in [3.8, 4) is 51.5 Å². The molecule has 9 heteroatoms. The molecule has 9 nitrogen and oxygen atoms in total. The molecule has 0 saturated carbocycles. The summed E-state index contributed by atoms with van der Waals surface area (Å²) in [6, 6.07) is 30.0. The summed E-state index contributed by atoms with van der Waals surface area (Å²) >= 11 is 0. The molecule has 0 amide bonds. The fourth-order valence-electron chi connectivity index (χ4n) is 4.68. The number of hydrogen-bond acceptors (Lipinski definition) is 6. The number of rotatable bonds is 6. The SMILES string of the molecule is c1ccc(-c2nccn2-c2nnnc(-n3ccnc3-c3ccccc3)c2-n2ccnc2-c2ccccc2)cc1. The Bertz CT molecular complexity index is 1760. The molecule has 0 aliphatic rings. The van der Waals surface area contributed by atoms with Crippen molar-refractivity contribution in [1.82, 2.24) is 44.1 Å². The molecule has 0 N–H and O–H groups in total. The zero-order chi connectivity index (χ0) is 26.0. The van der Waals surface area contributed by atoms with E-state index in [1.54, 1.807) is 18.6 Å². The molecule has 7 rings (SSSR count). The van der Waals surface area contributed by atoms with Gasteiger partial charge in [0.2, 0.25) is 0 Å². The Hall–Kier alpha value is -5.70. The first kappa shape index (κ1) is 22.5. The van der Waals surface area contributed by atoms with Gasteiger partial charge in [-0.05, 0) is 5.21 Å². The van der Waals surface area contributed by atoms with E-state index < -0.39 is 0 Å². The number of nitrogens with zero attached hydrogens (tertiary/aromatic N) is 9. The summed E-state index contributed by atoms with van der Waals surface area (Å²) in [6.45, 7) is 0. The number of aromatic nitrogens is 9. The summed E-state index contributed by atoms with van der Waals surface area (Å²) in [4.78, 5) is 14.0. The van der Waals surface area contributed by atoms with E-state index in [1.165, 1.54) is 0 Å².